The maximum absolute atomic E-state index is 11.9. The number of aryl methyl sites for hydroxylation is 2. The van der Waals surface area contributed by atoms with E-state index in [4.69, 9.17) is 19.4 Å². The van der Waals surface area contributed by atoms with E-state index in [-0.39, 0.29) is 17.4 Å². The number of carbonyl (C=O) groups excluding carboxylic acids is 1. The van der Waals surface area contributed by atoms with Crippen LogP contribution in [0.1, 0.15) is 59.8 Å². The number of fused-ring (bicyclic) bond motifs is 4. The number of rotatable bonds is 6. The van der Waals surface area contributed by atoms with Gasteiger partial charge < -0.3 is 9.47 Å². The molecule has 0 saturated carbocycles. The van der Waals surface area contributed by atoms with Crippen LogP contribution in [-0.4, -0.2) is 47.1 Å². The fourth-order valence-corrected chi connectivity index (χ4v) is 6.37. The number of carbonyl (C=O) groups is 1. The Balaban J connectivity index is 1.49. The summed E-state index contributed by atoms with van der Waals surface area (Å²) >= 11 is 1.51. The molecule has 1 aliphatic heterocycles. The number of anilines is 1. The molecule has 230 valence electrons. The van der Waals surface area contributed by atoms with E-state index >= 15 is 0 Å². The van der Waals surface area contributed by atoms with E-state index in [9.17, 15) is 4.79 Å². The maximum atomic E-state index is 11.9. The van der Waals surface area contributed by atoms with E-state index in [1.165, 1.54) is 30.2 Å². The molecule has 5 rings (SSSR count). The standard InChI is InChI=1S/C36H42N4O3S/c1-24-9-7-10-25(2)33(24)31-20-32-38-35(37-31)39-44-30-12-8-11-27(19-30)22-40(29(23-43-32)21-36(3,4)5)18-17-26-13-15-28(16-14-26)34(41)42-6/h7-16,19-20,29H,17-18,21-23H2,1-6H3,(H,37,38,39). The average Bonchev–Trinajstić information content (AvgIpc) is 3.00. The number of hydrogen-bond donors (Lipinski definition) is 1. The summed E-state index contributed by atoms with van der Waals surface area (Å²) in [6.07, 6.45) is 1.79. The Kier molecular flexibility index (Phi) is 9.91. The predicted molar refractivity (Wildman–Crippen MR) is 178 cm³/mol. The van der Waals surface area contributed by atoms with Gasteiger partial charge in [-0.2, -0.15) is 4.98 Å². The van der Waals surface area contributed by atoms with Gasteiger partial charge in [0.25, 0.3) is 0 Å². The normalized spacial score (nSPS) is 15.6. The van der Waals surface area contributed by atoms with Crippen LogP contribution < -0.4 is 9.46 Å². The molecule has 1 atom stereocenters. The van der Waals surface area contributed by atoms with Crippen molar-refractivity contribution in [1.29, 1.82) is 0 Å². The SMILES string of the molecule is COC(=O)c1ccc(CCN2Cc3cccc(c3)SNc3nc(cc(-c4c(C)cccc4C)n3)OCC2CC(C)(C)C)cc1. The second kappa shape index (κ2) is 13.8. The monoisotopic (exact) mass is 610 g/mol. The molecule has 2 heterocycles. The summed E-state index contributed by atoms with van der Waals surface area (Å²) in [6.45, 7) is 13.2. The summed E-state index contributed by atoms with van der Waals surface area (Å²) in [6, 6.07) is 24.7. The molecule has 8 heteroatoms. The Hall–Kier alpha value is -3.88. The third kappa shape index (κ3) is 8.18. The number of methoxy groups -OCH3 is 1. The molecule has 1 aromatic heterocycles. The van der Waals surface area contributed by atoms with Crippen LogP contribution in [0.2, 0.25) is 0 Å². The van der Waals surface area contributed by atoms with Crippen LogP contribution in [0.4, 0.5) is 5.95 Å². The van der Waals surface area contributed by atoms with Crippen molar-refractivity contribution in [3.8, 4) is 17.1 Å². The molecule has 1 unspecified atom stereocenters. The number of nitrogens with one attached hydrogen (secondary N) is 1. The second-order valence-electron chi connectivity index (χ2n) is 12.7. The quantitative estimate of drug-likeness (QED) is 0.174. The summed E-state index contributed by atoms with van der Waals surface area (Å²) in [4.78, 5) is 25.2. The van der Waals surface area contributed by atoms with Crippen LogP contribution in [0.25, 0.3) is 11.3 Å². The van der Waals surface area contributed by atoms with E-state index in [2.05, 4.69) is 86.7 Å². The first kappa shape index (κ1) is 31.5. The van der Waals surface area contributed by atoms with Crippen molar-refractivity contribution in [2.45, 2.75) is 64.9 Å². The first-order valence-corrected chi connectivity index (χ1v) is 15.9. The van der Waals surface area contributed by atoms with E-state index < -0.39 is 0 Å². The largest absolute Gasteiger partial charge is 0.476 e. The molecule has 0 spiro atoms. The summed E-state index contributed by atoms with van der Waals surface area (Å²) in [7, 11) is 1.41. The van der Waals surface area contributed by atoms with Gasteiger partial charge in [0.05, 0.1) is 18.4 Å². The summed E-state index contributed by atoms with van der Waals surface area (Å²) in [5.74, 6) is 0.761. The summed E-state index contributed by atoms with van der Waals surface area (Å²) < 4.78 is 14.8. The highest BCUT2D eigenvalue weighted by atomic mass is 32.2. The third-order valence-electron chi connectivity index (χ3n) is 7.83. The lowest BCUT2D eigenvalue weighted by Gasteiger charge is -2.36. The van der Waals surface area contributed by atoms with Crippen LogP contribution in [0.3, 0.4) is 0 Å². The van der Waals surface area contributed by atoms with Crippen LogP contribution in [0.5, 0.6) is 5.88 Å². The molecular formula is C36H42N4O3S. The smallest absolute Gasteiger partial charge is 0.337 e. The molecule has 44 heavy (non-hydrogen) atoms. The number of ether oxygens (including phenoxy) is 2. The summed E-state index contributed by atoms with van der Waals surface area (Å²) in [5.41, 5.74) is 7.32. The second-order valence-corrected chi connectivity index (χ2v) is 13.6. The zero-order valence-corrected chi connectivity index (χ0v) is 27.3. The third-order valence-corrected chi connectivity index (χ3v) is 8.61. The van der Waals surface area contributed by atoms with Gasteiger partial charge in [-0.05, 0) is 90.6 Å². The van der Waals surface area contributed by atoms with Gasteiger partial charge in [-0.15, -0.1) is 0 Å². The van der Waals surface area contributed by atoms with Crippen molar-refractivity contribution in [1.82, 2.24) is 14.9 Å². The lowest BCUT2D eigenvalue weighted by atomic mass is 9.87. The minimum Gasteiger partial charge on any atom is -0.476 e. The molecule has 0 amide bonds. The number of esters is 1. The zero-order chi connectivity index (χ0) is 31.3. The van der Waals surface area contributed by atoms with Crippen LogP contribution >= 0.6 is 11.9 Å². The van der Waals surface area contributed by atoms with Gasteiger partial charge in [0.1, 0.15) is 6.61 Å². The highest BCUT2D eigenvalue weighted by Gasteiger charge is 2.26. The minimum absolute atomic E-state index is 0.0852. The fourth-order valence-electron chi connectivity index (χ4n) is 5.71. The van der Waals surface area contributed by atoms with E-state index in [0.717, 1.165) is 53.2 Å². The van der Waals surface area contributed by atoms with Gasteiger partial charge in [0.15, 0.2) is 0 Å². The van der Waals surface area contributed by atoms with Crippen molar-refractivity contribution in [3.05, 3.63) is 101 Å². The Morgan fingerprint density at radius 2 is 1.75 bits per heavy atom. The van der Waals surface area contributed by atoms with Gasteiger partial charge >= 0.3 is 5.97 Å². The average molecular weight is 611 g/mol. The molecule has 4 aromatic rings. The summed E-state index contributed by atoms with van der Waals surface area (Å²) in [5, 5.41) is 0. The van der Waals surface area contributed by atoms with Gasteiger partial charge in [-0.25, -0.2) is 9.78 Å². The minimum atomic E-state index is -0.321. The fraction of sp³-hybridized carbons (Fsp3) is 0.361. The van der Waals surface area contributed by atoms with Crippen molar-refractivity contribution in [2.75, 3.05) is 25.0 Å². The Labute approximate surface area is 265 Å². The van der Waals surface area contributed by atoms with Gasteiger partial charge in [0, 0.05) is 35.7 Å². The zero-order valence-electron chi connectivity index (χ0n) is 26.5. The Morgan fingerprint density at radius 1 is 1.02 bits per heavy atom. The van der Waals surface area contributed by atoms with Crippen LogP contribution in [0.15, 0.2) is 77.7 Å². The number of benzene rings is 3. The maximum Gasteiger partial charge on any atom is 0.337 e. The van der Waals surface area contributed by atoms with Gasteiger partial charge in [0.2, 0.25) is 11.8 Å². The molecule has 7 nitrogen and oxygen atoms in total. The number of hydrogen-bond acceptors (Lipinski definition) is 8. The first-order chi connectivity index (χ1) is 21.1. The molecule has 1 aliphatic rings. The molecule has 3 aromatic carbocycles. The van der Waals surface area contributed by atoms with Crippen molar-refractivity contribution < 1.29 is 14.3 Å². The Bertz CT molecular complexity index is 1580. The first-order valence-electron chi connectivity index (χ1n) is 15.1. The predicted octanol–water partition coefficient (Wildman–Crippen LogP) is 7.91. The molecule has 0 fully saturated rings. The van der Waals surface area contributed by atoms with E-state index in [1.54, 1.807) is 0 Å². The molecule has 4 bridgehead atoms. The van der Waals surface area contributed by atoms with Gasteiger partial charge in [-0.3, -0.25) is 9.62 Å². The van der Waals surface area contributed by atoms with Crippen LogP contribution in [0, 0.1) is 19.3 Å². The van der Waals surface area contributed by atoms with Gasteiger partial charge in [-0.1, -0.05) is 63.2 Å². The lowest BCUT2D eigenvalue weighted by molar-refractivity contribution is 0.0600. The number of nitrogens with zero attached hydrogens (tertiary/aromatic N) is 3. The molecule has 0 saturated heterocycles. The highest BCUT2D eigenvalue weighted by Crippen LogP contribution is 2.32. The van der Waals surface area contributed by atoms with Crippen molar-refractivity contribution >= 4 is 23.9 Å². The Morgan fingerprint density at radius 3 is 2.45 bits per heavy atom. The van der Waals surface area contributed by atoms with Crippen molar-refractivity contribution in [3.63, 3.8) is 0 Å². The molecule has 0 radical (unpaired) electrons. The number of aromatic nitrogens is 2. The van der Waals surface area contributed by atoms with Crippen LogP contribution in [-0.2, 0) is 17.7 Å². The molecule has 0 aliphatic carbocycles. The van der Waals surface area contributed by atoms with E-state index in [1.807, 2.05) is 30.3 Å². The molecule has 1 N–H and O–H groups in total. The topological polar surface area (TPSA) is 76.6 Å². The van der Waals surface area contributed by atoms with E-state index in [0.29, 0.717) is 24.0 Å². The van der Waals surface area contributed by atoms with Crippen molar-refractivity contribution in [2.24, 2.45) is 5.41 Å². The highest BCUT2D eigenvalue weighted by molar-refractivity contribution is 8.00. The molecular weight excluding hydrogens is 568 g/mol. The lowest BCUT2D eigenvalue weighted by Crippen LogP contribution is -2.42.